The fourth-order valence-electron chi connectivity index (χ4n) is 4.92. The van der Waals surface area contributed by atoms with Crippen LogP contribution in [-0.2, 0) is 12.6 Å². The Labute approximate surface area is 256 Å². The van der Waals surface area contributed by atoms with Gasteiger partial charge in [0.15, 0.2) is 5.69 Å². The maximum atomic E-state index is 13.2. The van der Waals surface area contributed by atoms with E-state index in [2.05, 4.69) is 14.4 Å². The second kappa shape index (κ2) is 12.5. The van der Waals surface area contributed by atoms with Crippen molar-refractivity contribution in [2.45, 2.75) is 25.9 Å². The van der Waals surface area contributed by atoms with E-state index < -0.39 is 11.9 Å². The lowest BCUT2D eigenvalue weighted by atomic mass is 10.1. The molecule has 0 spiro atoms. The first-order chi connectivity index (χ1) is 21.2. The van der Waals surface area contributed by atoms with Gasteiger partial charge in [-0.3, -0.25) is 4.79 Å². The smallest absolute Gasteiger partial charge is 0.435 e. The van der Waals surface area contributed by atoms with Gasteiger partial charge >= 0.3 is 6.18 Å². The number of hydrogen-bond acceptors (Lipinski definition) is 7. The summed E-state index contributed by atoms with van der Waals surface area (Å²) >= 11 is 1.36. The van der Waals surface area contributed by atoms with Crippen LogP contribution in [-0.4, -0.2) is 56.1 Å². The van der Waals surface area contributed by atoms with E-state index in [0.717, 1.165) is 51.7 Å². The molecule has 0 unspecified atom stereocenters. The summed E-state index contributed by atoms with van der Waals surface area (Å²) in [6.45, 7) is 4.52. The SMILES string of the molecule is Cc1ccc(Oc2ccc(Cc3nsc(N4CCCN(C(=O)c5ccc(-n6ccc(C(F)(F)F)n6)cc5)CC4)n3)cc2)cc1. The highest BCUT2D eigenvalue weighted by Gasteiger charge is 2.33. The Morgan fingerprint density at radius 2 is 1.59 bits per heavy atom. The number of amides is 1. The molecule has 226 valence electrons. The molecule has 0 atom stereocenters. The number of halogens is 3. The van der Waals surface area contributed by atoms with Gasteiger partial charge in [0, 0.05) is 55.9 Å². The number of aromatic nitrogens is 4. The van der Waals surface area contributed by atoms with Crippen molar-refractivity contribution < 1.29 is 22.7 Å². The van der Waals surface area contributed by atoms with Crippen LogP contribution in [0.1, 0.15) is 39.4 Å². The quantitative estimate of drug-likeness (QED) is 0.200. The number of aryl methyl sites for hydroxylation is 1. The van der Waals surface area contributed by atoms with Crippen LogP contribution in [0.15, 0.2) is 85.1 Å². The predicted molar refractivity (Wildman–Crippen MR) is 162 cm³/mol. The molecule has 1 aliphatic heterocycles. The van der Waals surface area contributed by atoms with Gasteiger partial charge in [0.2, 0.25) is 5.13 Å². The van der Waals surface area contributed by atoms with Crippen molar-refractivity contribution in [3.63, 3.8) is 0 Å². The third-order valence-electron chi connectivity index (χ3n) is 7.31. The summed E-state index contributed by atoms with van der Waals surface area (Å²) in [5, 5.41) is 4.42. The van der Waals surface area contributed by atoms with Crippen molar-refractivity contribution >= 4 is 22.6 Å². The van der Waals surface area contributed by atoms with Crippen molar-refractivity contribution in [3.8, 4) is 17.2 Å². The molecular weight excluding hydrogens is 589 g/mol. The molecule has 8 nitrogen and oxygen atoms in total. The van der Waals surface area contributed by atoms with Crippen molar-refractivity contribution in [1.29, 1.82) is 0 Å². The highest BCUT2D eigenvalue weighted by molar-refractivity contribution is 7.09. The standard InChI is InChI=1S/C32H29F3N6O2S/c1-22-3-11-26(12-4-22)43-27-13-5-23(6-14-27)21-29-36-31(44-38-29)40-17-2-16-39(19-20-40)30(42)24-7-9-25(10-8-24)41-18-15-28(37-41)32(33,34)35/h3-15,18H,2,16-17,19-21H2,1H3. The number of anilines is 1. The van der Waals surface area contributed by atoms with E-state index in [-0.39, 0.29) is 5.91 Å². The fourth-order valence-corrected chi connectivity index (χ4v) is 5.65. The van der Waals surface area contributed by atoms with Crippen LogP contribution in [0.5, 0.6) is 11.5 Å². The molecule has 0 N–H and O–H groups in total. The lowest BCUT2D eigenvalue weighted by Gasteiger charge is -2.21. The van der Waals surface area contributed by atoms with Crippen LogP contribution >= 0.6 is 11.5 Å². The average molecular weight is 619 g/mol. The molecule has 12 heteroatoms. The van der Waals surface area contributed by atoms with E-state index >= 15 is 0 Å². The Morgan fingerprint density at radius 3 is 2.27 bits per heavy atom. The van der Waals surface area contributed by atoms with Gasteiger partial charge in [0.25, 0.3) is 5.91 Å². The number of hydrogen-bond donors (Lipinski definition) is 0. The molecule has 1 aliphatic rings. The maximum absolute atomic E-state index is 13.2. The van der Waals surface area contributed by atoms with Crippen LogP contribution in [0.4, 0.5) is 18.3 Å². The summed E-state index contributed by atoms with van der Waals surface area (Å²) in [4.78, 5) is 22.0. The molecule has 1 saturated heterocycles. The van der Waals surface area contributed by atoms with Crippen LogP contribution < -0.4 is 9.64 Å². The van der Waals surface area contributed by atoms with E-state index in [1.807, 2.05) is 55.5 Å². The minimum atomic E-state index is -4.51. The Kier molecular flexibility index (Phi) is 8.34. The molecule has 3 heterocycles. The Bertz CT molecular complexity index is 1720. The zero-order valence-electron chi connectivity index (χ0n) is 23.9. The zero-order valence-corrected chi connectivity index (χ0v) is 24.7. The Balaban J connectivity index is 1.03. The molecule has 2 aromatic heterocycles. The van der Waals surface area contributed by atoms with E-state index in [4.69, 9.17) is 9.72 Å². The largest absolute Gasteiger partial charge is 0.457 e. The molecule has 5 aromatic rings. The molecular formula is C32H29F3N6O2S. The predicted octanol–water partition coefficient (Wildman–Crippen LogP) is 6.79. The van der Waals surface area contributed by atoms with Crippen LogP contribution in [0, 0.1) is 6.92 Å². The van der Waals surface area contributed by atoms with Crippen LogP contribution in [0.25, 0.3) is 5.69 Å². The third kappa shape index (κ3) is 6.91. The van der Waals surface area contributed by atoms with E-state index in [0.29, 0.717) is 37.3 Å². The number of rotatable bonds is 7. The Hall–Kier alpha value is -4.71. The van der Waals surface area contributed by atoms with Gasteiger partial charge in [-0.25, -0.2) is 9.67 Å². The highest BCUT2D eigenvalue weighted by Crippen LogP contribution is 2.28. The second-order valence-electron chi connectivity index (χ2n) is 10.6. The van der Waals surface area contributed by atoms with Gasteiger partial charge in [-0.05, 0) is 73.5 Å². The minimum absolute atomic E-state index is 0.123. The molecule has 3 aromatic carbocycles. The topological polar surface area (TPSA) is 76.4 Å². The van der Waals surface area contributed by atoms with Crippen molar-refractivity contribution in [2.24, 2.45) is 0 Å². The lowest BCUT2D eigenvalue weighted by Crippen LogP contribution is -2.35. The maximum Gasteiger partial charge on any atom is 0.435 e. The summed E-state index contributed by atoms with van der Waals surface area (Å²) < 4.78 is 50.3. The molecule has 1 amide bonds. The van der Waals surface area contributed by atoms with Gasteiger partial charge in [0.05, 0.1) is 5.69 Å². The first-order valence-electron chi connectivity index (χ1n) is 14.1. The first kappa shape index (κ1) is 29.4. The van der Waals surface area contributed by atoms with Crippen molar-refractivity contribution in [3.05, 3.63) is 113 Å². The number of carbonyl (C=O) groups is 1. The van der Waals surface area contributed by atoms with Gasteiger partial charge in [-0.15, -0.1) is 0 Å². The number of benzene rings is 3. The van der Waals surface area contributed by atoms with E-state index in [9.17, 15) is 18.0 Å². The normalized spacial score (nSPS) is 14.0. The van der Waals surface area contributed by atoms with Gasteiger partial charge in [0.1, 0.15) is 17.3 Å². The number of nitrogens with zero attached hydrogens (tertiary/aromatic N) is 6. The van der Waals surface area contributed by atoms with E-state index in [1.165, 1.54) is 23.3 Å². The fraction of sp³-hybridized carbons (Fsp3) is 0.250. The van der Waals surface area contributed by atoms with Gasteiger partial charge < -0.3 is 14.5 Å². The monoisotopic (exact) mass is 618 g/mol. The minimum Gasteiger partial charge on any atom is -0.457 e. The van der Waals surface area contributed by atoms with E-state index in [1.54, 1.807) is 29.2 Å². The molecule has 6 rings (SSSR count). The molecule has 44 heavy (non-hydrogen) atoms. The molecule has 1 fully saturated rings. The summed E-state index contributed by atoms with van der Waals surface area (Å²) in [5.41, 5.74) is 2.21. The Morgan fingerprint density at radius 1 is 0.886 bits per heavy atom. The molecule has 0 bridgehead atoms. The average Bonchev–Trinajstić information content (AvgIpc) is 3.64. The van der Waals surface area contributed by atoms with Crippen LogP contribution in [0.2, 0.25) is 0 Å². The molecule has 0 aliphatic carbocycles. The van der Waals surface area contributed by atoms with Crippen molar-refractivity contribution in [1.82, 2.24) is 24.0 Å². The molecule has 0 saturated carbocycles. The van der Waals surface area contributed by atoms with Crippen LogP contribution in [0.3, 0.4) is 0 Å². The number of alkyl halides is 3. The second-order valence-corrected chi connectivity index (χ2v) is 11.3. The molecule has 0 radical (unpaired) electrons. The van der Waals surface area contributed by atoms with Crippen molar-refractivity contribution in [2.75, 3.05) is 31.1 Å². The lowest BCUT2D eigenvalue weighted by molar-refractivity contribution is -0.141. The first-order valence-corrected chi connectivity index (χ1v) is 14.9. The summed E-state index contributed by atoms with van der Waals surface area (Å²) in [5.74, 6) is 2.18. The number of ether oxygens (including phenoxy) is 1. The van der Waals surface area contributed by atoms with Gasteiger partial charge in [-0.1, -0.05) is 29.8 Å². The van der Waals surface area contributed by atoms with Gasteiger partial charge in [-0.2, -0.15) is 22.6 Å². The highest BCUT2D eigenvalue weighted by atomic mass is 32.1. The zero-order chi connectivity index (χ0) is 30.7. The number of carbonyl (C=O) groups excluding carboxylic acids is 1. The summed E-state index contributed by atoms with van der Waals surface area (Å²) in [6.07, 6.45) is -1.89. The summed E-state index contributed by atoms with van der Waals surface area (Å²) in [7, 11) is 0. The third-order valence-corrected chi connectivity index (χ3v) is 8.13. The summed E-state index contributed by atoms with van der Waals surface area (Å²) in [6, 6.07) is 23.2.